The van der Waals surface area contributed by atoms with E-state index in [4.69, 9.17) is 11.5 Å². The molecule has 0 aliphatic heterocycles. The first-order valence-electron chi connectivity index (χ1n) is 18.8. The third-order valence-electron chi connectivity index (χ3n) is 9.73. The van der Waals surface area contributed by atoms with Crippen LogP contribution in [0, 0.1) is 12.7 Å². The number of nitrogens with two attached hydrogens (primary N) is 2. The number of amidine groups is 2. The van der Waals surface area contributed by atoms with E-state index in [1.54, 1.807) is 42.5 Å². The maximum Gasteiger partial charge on any atom is 0.170 e. The molecule has 8 nitrogen and oxygen atoms in total. The molecule has 8 N–H and O–H groups in total. The lowest BCUT2D eigenvalue weighted by molar-refractivity contribution is 0.318. The van der Waals surface area contributed by atoms with Crippen molar-refractivity contribution in [2.75, 3.05) is 0 Å². The second-order valence-electron chi connectivity index (χ2n) is 13.7. The first-order valence-corrected chi connectivity index (χ1v) is 18.8. The van der Waals surface area contributed by atoms with Crippen LogP contribution in [0.4, 0.5) is 4.39 Å². The van der Waals surface area contributed by atoms with Crippen LogP contribution in [0.25, 0.3) is 44.5 Å². The van der Waals surface area contributed by atoms with Crippen molar-refractivity contribution < 1.29 is 25.0 Å². The second-order valence-corrected chi connectivity index (χ2v) is 13.7. The summed E-state index contributed by atoms with van der Waals surface area (Å²) in [6.07, 6.45) is 4.52. The number of rotatable bonds is 11. The highest BCUT2D eigenvalue weighted by molar-refractivity contribution is 6.08. The van der Waals surface area contributed by atoms with Crippen LogP contribution in [0.3, 0.4) is 0 Å². The van der Waals surface area contributed by atoms with E-state index in [1.165, 1.54) is 17.7 Å². The molecule has 0 saturated heterocycles. The quantitative estimate of drug-likeness (QED) is 0.0335. The summed E-state index contributed by atoms with van der Waals surface area (Å²) >= 11 is 0. The Morgan fingerprint density at radius 3 is 1.48 bits per heavy atom. The number of benzene rings is 6. The van der Waals surface area contributed by atoms with Gasteiger partial charge in [0.15, 0.2) is 11.7 Å². The van der Waals surface area contributed by atoms with Gasteiger partial charge in [-0.25, -0.2) is 4.39 Å². The third-order valence-corrected chi connectivity index (χ3v) is 9.73. The highest BCUT2D eigenvalue weighted by atomic mass is 19.1. The molecule has 288 valence electrons. The van der Waals surface area contributed by atoms with Crippen molar-refractivity contribution in [3.05, 3.63) is 154 Å². The Morgan fingerprint density at radius 1 is 0.571 bits per heavy atom. The van der Waals surface area contributed by atoms with Gasteiger partial charge < -0.3 is 32.1 Å². The number of halogens is 1. The van der Waals surface area contributed by atoms with E-state index < -0.39 is 0 Å². The van der Waals surface area contributed by atoms with Crippen molar-refractivity contribution >= 4 is 11.7 Å². The lowest BCUT2D eigenvalue weighted by atomic mass is 9.85. The monoisotopic (exact) mass is 752 g/mol. The summed E-state index contributed by atoms with van der Waals surface area (Å²) in [6, 6.07) is 34.9. The molecule has 0 aromatic heterocycles. The third kappa shape index (κ3) is 9.18. The van der Waals surface area contributed by atoms with Crippen LogP contribution in [0.2, 0.25) is 0 Å². The Hall–Kier alpha value is -6.61. The molecule has 6 rings (SSSR count). The molecule has 9 heteroatoms. The number of nitrogens with zero attached hydrogens (tertiary/aromatic N) is 2. The summed E-state index contributed by atoms with van der Waals surface area (Å²) < 4.78 is 14.1. The Balaban J connectivity index is 0.000000214. The summed E-state index contributed by atoms with van der Waals surface area (Å²) in [5, 5.41) is 44.7. The molecule has 6 aromatic rings. The molecule has 0 bridgehead atoms. The van der Waals surface area contributed by atoms with Gasteiger partial charge >= 0.3 is 0 Å². The minimum absolute atomic E-state index is 0.0309. The highest BCUT2D eigenvalue weighted by Gasteiger charge is 2.21. The van der Waals surface area contributed by atoms with Crippen molar-refractivity contribution in [2.45, 2.75) is 59.8 Å². The van der Waals surface area contributed by atoms with Crippen molar-refractivity contribution in [3.63, 3.8) is 0 Å². The topological polar surface area (TPSA) is 158 Å². The molecule has 0 unspecified atom stereocenters. The number of phenols is 2. The first kappa shape index (κ1) is 40.6. The molecule has 0 spiro atoms. The van der Waals surface area contributed by atoms with E-state index in [1.807, 2.05) is 49.4 Å². The Bertz CT molecular complexity index is 2350. The summed E-state index contributed by atoms with van der Waals surface area (Å²) in [5.41, 5.74) is 24.7. The maximum absolute atomic E-state index is 14.1. The van der Waals surface area contributed by atoms with Gasteiger partial charge in [-0.05, 0) is 130 Å². The van der Waals surface area contributed by atoms with Crippen LogP contribution < -0.4 is 11.5 Å². The van der Waals surface area contributed by atoms with Crippen molar-refractivity contribution in [3.8, 4) is 56.0 Å². The van der Waals surface area contributed by atoms with Gasteiger partial charge in [0.1, 0.15) is 17.3 Å². The summed E-state index contributed by atoms with van der Waals surface area (Å²) in [7, 11) is 0. The minimum atomic E-state index is -0.361. The maximum atomic E-state index is 14.1. The van der Waals surface area contributed by atoms with Gasteiger partial charge in [-0.1, -0.05) is 111 Å². The SMILES string of the molecule is CCCc1cc(C(N)=NO)c(-c2cc(F)ccc2C)c(-c2ccc(O)cc2)c1.CCCc1cc(C(N)=NO)c(-c2ccccc2CC)c(-c2ccc(O)cc2)c1. The Morgan fingerprint density at radius 2 is 1.04 bits per heavy atom. The molecular weight excluding hydrogens is 704 g/mol. The molecule has 0 heterocycles. The zero-order chi connectivity index (χ0) is 40.4. The van der Waals surface area contributed by atoms with Crippen molar-refractivity contribution in [1.82, 2.24) is 0 Å². The van der Waals surface area contributed by atoms with Gasteiger partial charge in [0, 0.05) is 22.3 Å². The summed E-state index contributed by atoms with van der Waals surface area (Å²) in [6.45, 7) is 8.22. The van der Waals surface area contributed by atoms with Crippen LogP contribution in [0.1, 0.15) is 67.0 Å². The van der Waals surface area contributed by atoms with Gasteiger partial charge in [0.2, 0.25) is 0 Å². The molecule has 56 heavy (non-hydrogen) atoms. The fraction of sp³-hybridized carbons (Fsp3) is 0.191. The standard InChI is InChI=1S/C24H26N2O2.C23H23FN2O2/c1-3-7-16-14-21(18-10-12-19(27)13-11-18)23(22(15-16)24(25)26-28)20-9-6-5-8-17(20)4-2;1-3-4-15-11-20(16-6-9-18(27)10-7-16)22(21(12-15)23(25)26-28)19-13-17(24)8-5-14(19)2/h5-6,8-15,27-28H,3-4,7H2,1-2H3,(H2,25,26);5-13,27-28H,3-4H2,1-2H3,(H2,25,26). The predicted octanol–water partition coefficient (Wildman–Crippen LogP) is 10.6. The number of aromatic hydroxyl groups is 2. The summed E-state index contributed by atoms with van der Waals surface area (Å²) in [4.78, 5) is 0. The minimum Gasteiger partial charge on any atom is -0.508 e. The summed E-state index contributed by atoms with van der Waals surface area (Å²) in [5.74, 6) is 0.0881. The number of oxime groups is 2. The fourth-order valence-electron chi connectivity index (χ4n) is 7.04. The van der Waals surface area contributed by atoms with Gasteiger partial charge in [-0.3, -0.25) is 0 Å². The molecule has 0 atom stereocenters. The van der Waals surface area contributed by atoms with Crippen molar-refractivity contribution in [2.24, 2.45) is 21.8 Å². The number of hydrogen-bond donors (Lipinski definition) is 6. The van der Waals surface area contributed by atoms with Crippen LogP contribution >= 0.6 is 0 Å². The van der Waals surface area contributed by atoms with E-state index in [9.17, 15) is 25.0 Å². The highest BCUT2D eigenvalue weighted by Crippen LogP contribution is 2.40. The van der Waals surface area contributed by atoms with E-state index in [0.717, 1.165) is 87.7 Å². The van der Waals surface area contributed by atoms with Gasteiger partial charge in [0.05, 0.1) is 0 Å². The predicted molar refractivity (Wildman–Crippen MR) is 225 cm³/mol. The van der Waals surface area contributed by atoms with E-state index in [0.29, 0.717) is 16.7 Å². The Labute approximate surface area is 327 Å². The molecule has 0 saturated carbocycles. The van der Waals surface area contributed by atoms with Gasteiger partial charge in [-0.15, -0.1) is 0 Å². The van der Waals surface area contributed by atoms with Crippen molar-refractivity contribution in [1.29, 1.82) is 0 Å². The van der Waals surface area contributed by atoms with Crippen LogP contribution in [0.5, 0.6) is 11.5 Å². The van der Waals surface area contributed by atoms with Crippen LogP contribution in [-0.4, -0.2) is 32.3 Å². The number of phenolic OH excluding ortho intramolecular Hbond substituents is 2. The Kier molecular flexibility index (Phi) is 13.5. The lowest BCUT2D eigenvalue weighted by Gasteiger charge is -2.19. The largest absolute Gasteiger partial charge is 0.508 e. The lowest BCUT2D eigenvalue weighted by Crippen LogP contribution is -2.16. The van der Waals surface area contributed by atoms with E-state index in [-0.39, 0.29) is 29.0 Å². The zero-order valence-electron chi connectivity index (χ0n) is 32.2. The van der Waals surface area contributed by atoms with Gasteiger partial charge in [0.25, 0.3) is 0 Å². The molecule has 0 radical (unpaired) electrons. The van der Waals surface area contributed by atoms with Crippen LogP contribution in [-0.2, 0) is 19.3 Å². The van der Waals surface area contributed by atoms with E-state index in [2.05, 4.69) is 49.3 Å². The fourth-order valence-corrected chi connectivity index (χ4v) is 7.04. The molecule has 6 aromatic carbocycles. The second kappa shape index (κ2) is 18.6. The molecule has 0 aliphatic rings. The molecule has 0 aliphatic carbocycles. The van der Waals surface area contributed by atoms with Crippen LogP contribution in [0.15, 0.2) is 126 Å². The molecule has 0 fully saturated rings. The number of aryl methyl sites for hydroxylation is 4. The first-order chi connectivity index (χ1) is 27.0. The molecular formula is C47H49FN4O4. The normalized spacial score (nSPS) is 11.6. The smallest absolute Gasteiger partial charge is 0.170 e. The zero-order valence-corrected chi connectivity index (χ0v) is 32.2. The average Bonchev–Trinajstić information content (AvgIpc) is 3.21. The molecule has 0 amide bonds. The average molecular weight is 753 g/mol. The van der Waals surface area contributed by atoms with Gasteiger partial charge in [-0.2, -0.15) is 0 Å². The number of hydrogen-bond acceptors (Lipinski definition) is 6. The van der Waals surface area contributed by atoms with E-state index >= 15 is 0 Å².